The third kappa shape index (κ3) is 3.36. The van der Waals surface area contributed by atoms with Crippen LogP contribution in [0.25, 0.3) is 0 Å². The lowest BCUT2D eigenvalue weighted by Crippen LogP contribution is -2.32. The number of amides is 1. The molecule has 1 N–H and O–H groups in total. The largest absolute Gasteiger partial charge is 0.349 e. The minimum Gasteiger partial charge on any atom is -0.349 e. The molecular weight excluding hydrogens is 192 g/mol. The van der Waals surface area contributed by atoms with Crippen LogP contribution in [0.1, 0.15) is 16.2 Å². The summed E-state index contributed by atoms with van der Waals surface area (Å²) in [5.74, 6) is -0.0695. The maximum atomic E-state index is 11.7. The van der Waals surface area contributed by atoms with Crippen molar-refractivity contribution in [1.29, 1.82) is 0 Å². The van der Waals surface area contributed by atoms with Gasteiger partial charge in [-0.2, -0.15) is 5.10 Å². The van der Waals surface area contributed by atoms with Gasteiger partial charge in [-0.25, -0.2) is 0 Å². The first-order valence-corrected chi connectivity index (χ1v) is 4.94. The Balaban J connectivity index is 2.50. The number of hydrogen-bond donors (Lipinski definition) is 1. The molecule has 0 spiro atoms. The Morgan fingerprint density at radius 1 is 1.60 bits per heavy atom. The van der Waals surface area contributed by atoms with Crippen LogP contribution in [0, 0.1) is 6.92 Å². The Hall–Kier alpha value is -1.36. The van der Waals surface area contributed by atoms with Crippen LogP contribution in [0.4, 0.5) is 0 Å². The quantitative estimate of drug-likeness (QED) is 0.762. The SMILES string of the molecule is Cc1cc(C(=O)NCCN(C)C)n(C)n1. The Morgan fingerprint density at radius 3 is 2.73 bits per heavy atom. The minimum atomic E-state index is -0.0695. The van der Waals surface area contributed by atoms with Gasteiger partial charge in [-0.3, -0.25) is 9.48 Å². The second-order valence-corrected chi connectivity index (χ2v) is 3.85. The van der Waals surface area contributed by atoms with Crippen LogP contribution in [-0.4, -0.2) is 47.8 Å². The number of carbonyl (C=O) groups is 1. The zero-order chi connectivity index (χ0) is 11.4. The van der Waals surface area contributed by atoms with Gasteiger partial charge in [0, 0.05) is 20.1 Å². The predicted molar refractivity (Wildman–Crippen MR) is 58.8 cm³/mol. The van der Waals surface area contributed by atoms with Crippen molar-refractivity contribution in [2.75, 3.05) is 27.2 Å². The zero-order valence-corrected chi connectivity index (χ0v) is 9.74. The fourth-order valence-electron chi connectivity index (χ4n) is 1.31. The number of carbonyl (C=O) groups excluding carboxylic acids is 1. The molecule has 0 bridgehead atoms. The fraction of sp³-hybridized carbons (Fsp3) is 0.600. The van der Waals surface area contributed by atoms with Gasteiger partial charge in [0.15, 0.2) is 0 Å². The molecule has 0 saturated carbocycles. The number of rotatable bonds is 4. The molecule has 0 unspecified atom stereocenters. The lowest BCUT2D eigenvalue weighted by Gasteiger charge is -2.10. The Bertz CT molecular complexity index is 343. The third-order valence-electron chi connectivity index (χ3n) is 2.08. The van der Waals surface area contributed by atoms with Gasteiger partial charge < -0.3 is 10.2 Å². The van der Waals surface area contributed by atoms with E-state index < -0.39 is 0 Å². The molecule has 0 aromatic carbocycles. The smallest absolute Gasteiger partial charge is 0.269 e. The highest BCUT2D eigenvalue weighted by Gasteiger charge is 2.10. The van der Waals surface area contributed by atoms with E-state index in [4.69, 9.17) is 0 Å². The van der Waals surface area contributed by atoms with Crippen LogP contribution >= 0.6 is 0 Å². The van der Waals surface area contributed by atoms with Crippen LogP contribution in [0.15, 0.2) is 6.07 Å². The molecule has 1 rings (SSSR count). The summed E-state index contributed by atoms with van der Waals surface area (Å²) in [5, 5.41) is 6.96. The highest BCUT2D eigenvalue weighted by atomic mass is 16.2. The average molecular weight is 210 g/mol. The van der Waals surface area contributed by atoms with E-state index in [1.54, 1.807) is 17.8 Å². The number of nitrogens with zero attached hydrogens (tertiary/aromatic N) is 3. The summed E-state index contributed by atoms with van der Waals surface area (Å²) in [6.45, 7) is 3.36. The molecule has 0 aliphatic rings. The van der Waals surface area contributed by atoms with Crippen LogP contribution < -0.4 is 5.32 Å². The van der Waals surface area contributed by atoms with E-state index in [2.05, 4.69) is 10.4 Å². The van der Waals surface area contributed by atoms with Crippen molar-refractivity contribution >= 4 is 5.91 Å². The first kappa shape index (κ1) is 11.7. The van der Waals surface area contributed by atoms with Crippen molar-refractivity contribution in [3.8, 4) is 0 Å². The van der Waals surface area contributed by atoms with Gasteiger partial charge in [-0.1, -0.05) is 0 Å². The molecule has 5 nitrogen and oxygen atoms in total. The monoisotopic (exact) mass is 210 g/mol. The van der Waals surface area contributed by atoms with Gasteiger partial charge in [0.05, 0.1) is 5.69 Å². The molecule has 1 aromatic heterocycles. The van der Waals surface area contributed by atoms with Crippen LogP contribution in [0.3, 0.4) is 0 Å². The molecule has 84 valence electrons. The van der Waals surface area contributed by atoms with Crippen LogP contribution in [-0.2, 0) is 7.05 Å². The van der Waals surface area contributed by atoms with E-state index in [1.165, 1.54) is 0 Å². The van der Waals surface area contributed by atoms with E-state index in [9.17, 15) is 4.79 Å². The molecule has 1 amide bonds. The molecule has 0 saturated heterocycles. The Morgan fingerprint density at radius 2 is 2.27 bits per heavy atom. The number of aromatic nitrogens is 2. The maximum absolute atomic E-state index is 11.7. The average Bonchev–Trinajstić information content (AvgIpc) is 2.44. The van der Waals surface area contributed by atoms with Crippen molar-refractivity contribution in [2.45, 2.75) is 6.92 Å². The topological polar surface area (TPSA) is 50.2 Å². The Kier molecular flexibility index (Phi) is 3.85. The molecule has 15 heavy (non-hydrogen) atoms. The van der Waals surface area contributed by atoms with Gasteiger partial charge in [-0.15, -0.1) is 0 Å². The van der Waals surface area contributed by atoms with E-state index in [0.29, 0.717) is 12.2 Å². The van der Waals surface area contributed by atoms with E-state index >= 15 is 0 Å². The summed E-state index contributed by atoms with van der Waals surface area (Å²) in [4.78, 5) is 13.7. The highest BCUT2D eigenvalue weighted by Crippen LogP contribution is 2.00. The maximum Gasteiger partial charge on any atom is 0.269 e. The highest BCUT2D eigenvalue weighted by molar-refractivity contribution is 5.92. The van der Waals surface area contributed by atoms with E-state index in [0.717, 1.165) is 12.2 Å². The van der Waals surface area contributed by atoms with Crippen molar-refractivity contribution < 1.29 is 4.79 Å². The van der Waals surface area contributed by atoms with Gasteiger partial charge >= 0.3 is 0 Å². The number of hydrogen-bond acceptors (Lipinski definition) is 3. The van der Waals surface area contributed by atoms with Crippen molar-refractivity contribution in [2.24, 2.45) is 7.05 Å². The number of likely N-dealkylation sites (N-methyl/N-ethyl adjacent to an activating group) is 1. The fourth-order valence-corrected chi connectivity index (χ4v) is 1.31. The summed E-state index contributed by atoms with van der Waals surface area (Å²) in [5.41, 5.74) is 1.46. The molecule has 1 aromatic rings. The summed E-state index contributed by atoms with van der Waals surface area (Å²) in [7, 11) is 5.72. The first-order valence-electron chi connectivity index (χ1n) is 4.94. The number of nitrogens with one attached hydrogen (secondary N) is 1. The molecule has 0 aliphatic carbocycles. The normalized spacial score (nSPS) is 10.7. The summed E-state index contributed by atoms with van der Waals surface area (Å²) >= 11 is 0. The minimum absolute atomic E-state index is 0.0695. The zero-order valence-electron chi connectivity index (χ0n) is 9.74. The summed E-state index contributed by atoms with van der Waals surface area (Å²) < 4.78 is 1.60. The molecular formula is C10H18N4O. The molecule has 0 radical (unpaired) electrons. The lowest BCUT2D eigenvalue weighted by molar-refractivity contribution is 0.0941. The van der Waals surface area contributed by atoms with Crippen molar-refractivity contribution in [3.63, 3.8) is 0 Å². The van der Waals surface area contributed by atoms with Gasteiger partial charge in [0.1, 0.15) is 5.69 Å². The molecule has 0 aliphatic heterocycles. The molecule has 5 heteroatoms. The predicted octanol–water partition coefficient (Wildman–Crippen LogP) is 0.0199. The Labute approximate surface area is 90.1 Å². The van der Waals surface area contributed by atoms with Gasteiger partial charge in [0.2, 0.25) is 0 Å². The van der Waals surface area contributed by atoms with Crippen molar-refractivity contribution in [3.05, 3.63) is 17.5 Å². The molecule has 0 atom stereocenters. The second-order valence-electron chi connectivity index (χ2n) is 3.85. The van der Waals surface area contributed by atoms with Crippen LogP contribution in [0.2, 0.25) is 0 Å². The lowest BCUT2D eigenvalue weighted by atomic mass is 10.3. The van der Waals surface area contributed by atoms with E-state index in [1.807, 2.05) is 25.9 Å². The van der Waals surface area contributed by atoms with Gasteiger partial charge in [0.25, 0.3) is 5.91 Å². The first-order chi connectivity index (χ1) is 7.00. The third-order valence-corrected chi connectivity index (χ3v) is 2.08. The molecule has 1 heterocycles. The standard InChI is InChI=1S/C10H18N4O/c1-8-7-9(14(4)12-8)10(15)11-5-6-13(2)3/h7H,5-6H2,1-4H3,(H,11,15). The van der Waals surface area contributed by atoms with Crippen LogP contribution in [0.5, 0.6) is 0 Å². The van der Waals surface area contributed by atoms with E-state index in [-0.39, 0.29) is 5.91 Å². The van der Waals surface area contributed by atoms with Gasteiger partial charge in [-0.05, 0) is 27.1 Å². The second kappa shape index (κ2) is 4.93. The van der Waals surface area contributed by atoms with Crippen molar-refractivity contribution in [1.82, 2.24) is 20.0 Å². The summed E-state index contributed by atoms with van der Waals surface area (Å²) in [6.07, 6.45) is 0. The summed E-state index contributed by atoms with van der Waals surface area (Å²) in [6, 6.07) is 1.78. The molecule has 0 fully saturated rings. The number of aryl methyl sites for hydroxylation is 2.